The van der Waals surface area contributed by atoms with Crippen LogP contribution in [0.25, 0.3) is 0 Å². The van der Waals surface area contributed by atoms with Gasteiger partial charge in [-0.25, -0.2) is 13.2 Å². The highest BCUT2D eigenvalue weighted by Crippen LogP contribution is 2.29. The van der Waals surface area contributed by atoms with Crippen LogP contribution in [0.2, 0.25) is 0 Å². The zero-order valence-corrected chi connectivity index (χ0v) is 26.6. The number of hydrogen-bond acceptors (Lipinski definition) is 14. The van der Waals surface area contributed by atoms with Gasteiger partial charge in [0.2, 0.25) is 34.8 Å². The van der Waals surface area contributed by atoms with Crippen molar-refractivity contribution in [2.45, 2.75) is 12.8 Å². The normalized spacial score (nSPS) is 12.0. The average molecular weight is 706 g/mol. The summed E-state index contributed by atoms with van der Waals surface area (Å²) in [4.78, 5) is 15.7. The number of aliphatic hydroxyl groups is 1. The highest BCUT2D eigenvalue weighted by molar-refractivity contribution is 6.30. The van der Waals surface area contributed by atoms with Crippen molar-refractivity contribution in [1.29, 1.82) is 0 Å². The highest BCUT2D eigenvalue weighted by atomic mass is 19.2. The largest absolute Gasteiger partial charge is 0.420 e. The lowest BCUT2D eigenvalue weighted by molar-refractivity contribution is -0.136. The van der Waals surface area contributed by atoms with E-state index in [0.29, 0.717) is 98.0 Å². The molecule has 0 atom stereocenters. The van der Waals surface area contributed by atoms with Gasteiger partial charge in [-0.1, -0.05) is 0 Å². The lowest BCUT2D eigenvalue weighted by Crippen LogP contribution is -2.16. The molecule has 1 aromatic rings. The fraction of sp³-hybridized carbons (Fsp3) is 0.690. The van der Waals surface area contributed by atoms with Crippen LogP contribution in [0.5, 0.6) is 5.75 Å². The number of nitrogens with zero attached hydrogens (tertiary/aromatic N) is 2. The number of hydrazone groups is 1. The molecule has 48 heavy (non-hydrogen) atoms. The van der Waals surface area contributed by atoms with Gasteiger partial charge in [0.15, 0.2) is 0 Å². The Labute approximate surface area is 275 Å². The standard InChI is InChI=1S/C29H44F5N3O11/c30-24-25(31)27(33)29(28(34)26(24)32)48-23(39)2-5-40-7-9-42-11-13-44-15-17-46-19-20-47-18-16-45-14-12-43-10-8-41-6-3-36-21-22(37-35)1-4-38/h21,38H,1-20,35H2/b36-21?,37-22-. The zero-order valence-electron chi connectivity index (χ0n) is 26.6. The second-order valence-electron chi connectivity index (χ2n) is 9.15. The third kappa shape index (κ3) is 20.5. The number of aliphatic imine (C=N–C) groups is 1. The van der Waals surface area contributed by atoms with E-state index < -0.39 is 47.2 Å². The van der Waals surface area contributed by atoms with Crippen LogP contribution >= 0.6 is 0 Å². The van der Waals surface area contributed by atoms with E-state index >= 15 is 0 Å². The Morgan fingerprint density at radius 3 is 1.29 bits per heavy atom. The molecular weight excluding hydrogens is 661 g/mol. The average Bonchev–Trinajstić information content (AvgIpc) is 3.09. The first kappa shape index (κ1) is 43.1. The van der Waals surface area contributed by atoms with Gasteiger partial charge in [-0.05, 0) is 0 Å². The number of halogens is 5. The number of ether oxygens (including phenoxy) is 9. The molecule has 0 saturated carbocycles. The predicted molar refractivity (Wildman–Crippen MR) is 160 cm³/mol. The minimum absolute atomic E-state index is 0.0394. The minimum atomic E-state index is -2.35. The number of aliphatic hydroxyl groups excluding tert-OH is 1. The van der Waals surface area contributed by atoms with Crippen LogP contribution in [0.3, 0.4) is 0 Å². The van der Waals surface area contributed by atoms with Crippen LogP contribution in [0.1, 0.15) is 12.8 Å². The molecule has 0 fully saturated rings. The summed E-state index contributed by atoms with van der Waals surface area (Å²) < 4.78 is 113. The van der Waals surface area contributed by atoms with Crippen molar-refractivity contribution in [3.8, 4) is 5.75 Å². The summed E-state index contributed by atoms with van der Waals surface area (Å²) in [6.45, 7) is 5.52. The van der Waals surface area contributed by atoms with Crippen molar-refractivity contribution in [2.24, 2.45) is 15.9 Å². The smallest absolute Gasteiger partial charge is 0.313 e. The van der Waals surface area contributed by atoms with Crippen molar-refractivity contribution in [2.75, 3.05) is 119 Å². The molecule has 0 aliphatic rings. The SMILES string of the molecule is N/N=C(\C=NCCOCCOCCOCCOCCOCCOCCOCCOCCC(=O)Oc1c(F)c(F)c(F)c(F)c1F)CCO. The first-order valence-corrected chi connectivity index (χ1v) is 15.0. The summed E-state index contributed by atoms with van der Waals surface area (Å²) in [6, 6.07) is 0. The van der Waals surface area contributed by atoms with Gasteiger partial charge in [0, 0.05) is 19.2 Å². The number of nitrogens with two attached hydrogens (primary N) is 1. The second kappa shape index (κ2) is 29.1. The molecule has 0 heterocycles. The molecule has 0 aliphatic heterocycles. The molecule has 0 amide bonds. The maximum absolute atomic E-state index is 13.5. The summed E-state index contributed by atoms with van der Waals surface area (Å²) in [7, 11) is 0. The Bertz CT molecular complexity index is 1050. The van der Waals surface area contributed by atoms with Gasteiger partial charge in [0.1, 0.15) is 0 Å². The Hall–Kier alpha value is -2.88. The monoisotopic (exact) mass is 705 g/mol. The summed E-state index contributed by atoms with van der Waals surface area (Å²) in [5.74, 6) is -8.99. The Morgan fingerprint density at radius 1 is 0.562 bits per heavy atom. The van der Waals surface area contributed by atoms with Gasteiger partial charge < -0.3 is 53.6 Å². The van der Waals surface area contributed by atoms with E-state index in [0.717, 1.165) is 0 Å². The number of esters is 1. The fourth-order valence-corrected chi connectivity index (χ4v) is 3.20. The number of benzene rings is 1. The molecule has 276 valence electrons. The van der Waals surface area contributed by atoms with Crippen molar-refractivity contribution in [3.63, 3.8) is 0 Å². The Morgan fingerprint density at radius 2 is 0.917 bits per heavy atom. The van der Waals surface area contributed by atoms with Crippen LogP contribution in [-0.2, 0) is 42.7 Å². The lowest BCUT2D eigenvalue weighted by Gasteiger charge is -2.09. The molecule has 3 N–H and O–H groups in total. The quantitative estimate of drug-likeness (QED) is 0.0132. The molecule has 0 radical (unpaired) electrons. The molecule has 1 rings (SSSR count). The Kier molecular flexibility index (Phi) is 26.1. The maximum Gasteiger partial charge on any atom is 0.313 e. The van der Waals surface area contributed by atoms with Gasteiger partial charge in [-0.2, -0.15) is 13.9 Å². The molecule has 0 bridgehead atoms. The van der Waals surface area contributed by atoms with Gasteiger partial charge in [0.25, 0.3) is 0 Å². The molecule has 0 aliphatic carbocycles. The van der Waals surface area contributed by atoms with Crippen molar-refractivity contribution < 1.29 is 74.5 Å². The summed E-state index contributed by atoms with van der Waals surface area (Å²) in [6.07, 6.45) is 1.38. The summed E-state index contributed by atoms with van der Waals surface area (Å²) in [5.41, 5.74) is 0.520. The van der Waals surface area contributed by atoms with E-state index in [9.17, 15) is 26.7 Å². The number of carbonyl (C=O) groups excluding carboxylic acids is 1. The van der Waals surface area contributed by atoms with Crippen LogP contribution in [0.15, 0.2) is 10.1 Å². The van der Waals surface area contributed by atoms with Crippen LogP contribution < -0.4 is 10.6 Å². The minimum Gasteiger partial charge on any atom is -0.420 e. The summed E-state index contributed by atoms with van der Waals surface area (Å²) >= 11 is 0. The maximum atomic E-state index is 13.5. The molecule has 0 spiro atoms. The van der Waals surface area contributed by atoms with Gasteiger partial charge in [-0.3, -0.25) is 9.79 Å². The Balaban J connectivity index is 1.79. The van der Waals surface area contributed by atoms with Crippen molar-refractivity contribution >= 4 is 17.9 Å². The predicted octanol–water partition coefficient (Wildman–Crippen LogP) is 1.58. The second-order valence-corrected chi connectivity index (χ2v) is 9.15. The molecule has 0 saturated heterocycles. The first-order valence-electron chi connectivity index (χ1n) is 15.0. The van der Waals surface area contributed by atoms with E-state index in [-0.39, 0.29) is 33.0 Å². The van der Waals surface area contributed by atoms with Crippen LogP contribution in [0.4, 0.5) is 22.0 Å². The third-order valence-corrected chi connectivity index (χ3v) is 5.58. The van der Waals surface area contributed by atoms with Crippen molar-refractivity contribution in [1.82, 2.24) is 0 Å². The van der Waals surface area contributed by atoms with Crippen LogP contribution in [-0.4, -0.2) is 142 Å². The van der Waals surface area contributed by atoms with Crippen LogP contribution in [0, 0.1) is 29.1 Å². The number of rotatable bonds is 31. The van der Waals surface area contributed by atoms with Gasteiger partial charge in [0.05, 0.1) is 124 Å². The van der Waals surface area contributed by atoms with Gasteiger partial charge in [-0.15, -0.1) is 0 Å². The van der Waals surface area contributed by atoms with E-state index in [2.05, 4.69) is 14.8 Å². The topological polar surface area (TPSA) is 171 Å². The van der Waals surface area contributed by atoms with Crippen molar-refractivity contribution in [3.05, 3.63) is 29.1 Å². The number of hydrogen-bond donors (Lipinski definition) is 2. The molecule has 0 unspecified atom stereocenters. The lowest BCUT2D eigenvalue weighted by atomic mass is 10.2. The zero-order chi connectivity index (χ0) is 35.2. The molecule has 0 aromatic heterocycles. The third-order valence-electron chi connectivity index (χ3n) is 5.58. The van der Waals surface area contributed by atoms with E-state index in [1.807, 2.05) is 0 Å². The van der Waals surface area contributed by atoms with Gasteiger partial charge >= 0.3 is 5.97 Å². The molecule has 1 aromatic carbocycles. The highest BCUT2D eigenvalue weighted by Gasteiger charge is 2.28. The van der Waals surface area contributed by atoms with E-state index in [1.54, 1.807) is 0 Å². The van der Waals surface area contributed by atoms with E-state index in [4.69, 9.17) is 48.8 Å². The fourth-order valence-electron chi connectivity index (χ4n) is 3.20. The summed E-state index contributed by atoms with van der Waals surface area (Å²) in [5, 5.41) is 12.3. The van der Waals surface area contributed by atoms with E-state index in [1.165, 1.54) is 6.21 Å². The molecule has 14 nitrogen and oxygen atoms in total. The number of carbonyl (C=O) groups is 1. The molecular formula is C29H44F5N3O11. The first-order chi connectivity index (χ1) is 23.3. The molecule has 19 heteroatoms.